The lowest BCUT2D eigenvalue weighted by molar-refractivity contribution is -0.535. The standard InChI is InChI=1S/C20H11F3N2O4/c21-14-7-16(23)15(22)4-13(14)20-17(25(27)28)5-12-11-6-18(26)10(8-24)3-9(11)1-2-19(12)29-20/h1-4,6-7,17,20,26H,5H2. The van der Waals surface area contributed by atoms with Crippen LogP contribution in [0.3, 0.4) is 0 Å². The summed E-state index contributed by atoms with van der Waals surface area (Å²) in [7, 11) is 0. The van der Waals surface area contributed by atoms with Crippen LogP contribution in [0.25, 0.3) is 10.8 Å². The zero-order valence-electron chi connectivity index (χ0n) is 14.5. The minimum Gasteiger partial charge on any atom is -0.507 e. The van der Waals surface area contributed by atoms with Gasteiger partial charge in [-0.15, -0.1) is 0 Å². The van der Waals surface area contributed by atoms with Crippen molar-refractivity contribution >= 4 is 10.8 Å². The van der Waals surface area contributed by atoms with Gasteiger partial charge in [0.2, 0.25) is 0 Å². The van der Waals surface area contributed by atoms with Crippen LogP contribution < -0.4 is 4.74 Å². The van der Waals surface area contributed by atoms with Crippen molar-refractivity contribution in [3.8, 4) is 17.6 Å². The van der Waals surface area contributed by atoms with Crippen LogP contribution in [0.15, 0.2) is 36.4 Å². The van der Waals surface area contributed by atoms with Crippen LogP contribution in [0.1, 0.15) is 22.8 Å². The Kier molecular flexibility index (Phi) is 4.27. The van der Waals surface area contributed by atoms with Gasteiger partial charge in [0.1, 0.15) is 23.4 Å². The van der Waals surface area contributed by atoms with Gasteiger partial charge in [0, 0.05) is 28.5 Å². The third kappa shape index (κ3) is 2.99. The van der Waals surface area contributed by atoms with Gasteiger partial charge in [-0.3, -0.25) is 10.1 Å². The Morgan fingerprint density at radius 2 is 1.86 bits per heavy atom. The predicted octanol–water partition coefficient (Wildman–Crippen LogP) is 4.16. The van der Waals surface area contributed by atoms with Crippen molar-refractivity contribution in [2.75, 3.05) is 0 Å². The van der Waals surface area contributed by atoms with Crippen LogP contribution in [0, 0.1) is 38.9 Å². The maximum absolute atomic E-state index is 14.2. The number of nitriles is 1. The van der Waals surface area contributed by atoms with E-state index in [4.69, 9.17) is 10.00 Å². The highest BCUT2D eigenvalue weighted by atomic mass is 19.2. The molecular formula is C20H11F3N2O4. The molecule has 1 aliphatic rings. The number of phenols is 1. The van der Waals surface area contributed by atoms with E-state index in [0.717, 1.165) is 0 Å². The van der Waals surface area contributed by atoms with E-state index in [-0.39, 0.29) is 23.5 Å². The monoisotopic (exact) mass is 400 g/mol. The lowest BCUT2D eigenvalue weighted by Crippen LogP contribution is -2.37. The molecule has 146 valence electrons. The van der Waals surface area contributed by atoms with Crippen LogP contribution in [0.4, 0.5) is 13.2 Å². The summed E-state index contributed by atoms with van der Waals surface area (Å²) in [5, 5.41) is 31.7. The van der Waals surface area contributed by atoms with Crippen molar-refractivity contribution < 1.29 is 27.9 Å². The number of aromatic hydroxyl groups is 1. The summed E-state index contributed by atoms with van der Waals surface area (Å²) in [5.41, 5.74) is -0.0241. The fourth-order valence-corrected chi connectivity index (χ4v) is 3.56. The molecule has 1 heterocycles. The molecule has 0 bridgehead atoms. The van der Waals surface area contributed by atoms with Gasteiger partial charge in [0.05, 0.1) is 5.56 Å². The molecule has 3 aromatic rings. The second-order valence-corrected chi connectivity index (χ2v) is 6.63. The zero-order valence-corrected chi connectivity index (χ0v) is 14.5. The summed E-state index contributed by atoms with van der Waals surface area (Å²) in [4.78, 5) is 11.0. The number of phenolic OH excluding ortho intramolecular Hbond substituents is 1. The Balaban J connectivity index is 1.88. The van der Waals surface area contributed by atoms with Gasteiger partial charge >= 0.3 is 0 Å². The molecule has 6 nitrogen and oxygen atoms in total. The number of benzene rings is 3. The molecular weight excluding hydrogens is 389 g/mol. The maximum atomic E-state index is 14.2. The number of nitro groups is 1. The second-order valence-electron chi connectivity index (χ2n) is 6.63. The minimum absolute atomic E-state index is 0.0433. The number of ether oxygens (including phenoxy) is 1. The summed E-state index contributed by atoms with van der Waals surface area (Å²) in [5.74, 6) is -4.00. The topological polar surface area (TPSA) is 96.4 Å². The molecule has 0 amide bonds. The summed E-state index contributed by atoms with van der Waals surface area (Å²) >= 11 is 0. The van der Waals surface area contributed by atoms with Crippen LogP contribution >= 0.6 is 0 Å². The first-order valence-electron chi connectivity index (χ1n) is 8.43. The maximum Gasteiger partial charge on any atom is 0.257 e. The van der Waals surface area contributed by atoms with Crippen molar-refractivity contribution in [1.29, 1.82) is 5.26 Å². The number of hydrogen-bond donors (Lipinski definition) is 1. The molecule has 1 aliphatic heterocycles. The molecule has 4 rings (SSSR count). The fourth-order valence-electron chi connectivity index (χ4n) is 3.56. The Morgan fingerprint density at radius 3 is 2.55 bits per heavy atom. The normalized spacial score (nSPS) is 18.0. The van der Waals surface area contributed by atoms with E-state index in [1.807, 2.05) is 6.07 Å². The van der Waals surface area contributed by atoms with Gasteiger partial charge in [-0.05, 0) is 35.0 Å². The second kappa shape index (κ2) is 6.67. The zero-order chi connectivity index (χ0) is 20.9. The predicted molar refractivity (Wildman–Crippen MR) is 94.5 cm³/mol. The van der Waals surface area contributed by atoms with E-state index < -0.39 is 40.1 Å². The van der Waals surface area contributed by atoms with E-state index in [1.165, 1.54) is 18.2 Å². The Labute approximate surface area is 161 Å². The van der Waals surface area contributed by atoms with Gasteiger partial charge in [0.15, 0.2) is 17.7 Å². The number of fused-ring (bicyclic) bond motifs is 3. The smallest absolute Gasteiger partial charge is 0.257 e. The van der Waals surface area contributed by atoms with Gasteiger partial charge in [-0.1, -0.05) is 6.07 Å². The van der Waals surface area contributed by atoms with Gasteiger partial charge < -0.3 is 9.84 Å². The van der Waals surface area contributed by atoms with E-state index in [2.05, 4.69) is 0 Å². The summed E-state index contributed by atoms with van der Waals surface area (Å²) in [6.07, 6.45) is -1.68. The third-order valence-corrected chi connectivity index (χ3v) is 4.96. The summed E-state index contributed by atoms with van der Waals surface area (Å²) in [6, 6.07) is 7.07. The highest BCUT2D eigenvalue weighted by molar-refractivity contribution is 5.90. The number of rotatable bonds is 2. The van der Waals surface area contributed by atoms with Crippen LogP contribution in [-0.2, 0) is 6.42 Å². The largest absolute Gasteiger partial charge is 0.507 e. The molecule has 0 aromatic heterocycles. The fraction of sp³-hybridized carbons (Fsp3) is 0.150. The number of halogens is 3. The molecule has 2 unspecified atom stereocenters. The highest BCUT2D eigenvalue weighted by Gasteiger charge is 2.42. The Hall–Kier alpha value is -3.80. The van der Waals surface area contributed by atoms with E-state index in [1.54, 1.807) is 6.07 Å². The van der Waals surface area contributed by atoms with Crippen molar-refractivity contribution in [2.45, 2.75) is 18.6 Å². The van der Waals surface area contributed by atoms with Gasteiger partial charge in [-0.2, -0.15) is 5.26 Å². The lowest BCUT2D eigenvalue weighted by atomic mass is 9.89. The van der Waals surface area contributed by atoms with Crippen molar-refractivity contribution in [3.05, 3.63) is 80.7 Å². The van der Waals surface area contributed by atoms with Crippen molar-refractivity contribution in [3.63, 3.8) is 0 Å². The quantitative estimate of drug-likeness (QED) is 0.396. The molecule has 0 spiro atoms. The Morgan fingerprint density at radius 1 is 1.14 bits per heavy atom. The summed E-state index contributed by atoms with van der Waals surface area (Å²) < 4.78 is 46.8. The SMILES string of the molecule is N#Cc1cc2ccc3c(c2cc1O)CC([N+](=O)[O-])C(c1cc(F)c(F)cc1F)O3. The molecule has 9 heteroatoms. The van der Waals surface area contributed by atoms with Crippen molar-refractivity contribution in [1.82, 2.24) is 0 Å². The highest BCUT2D eigenvalue weighted by Crippen LogP contribution is 2.42. The van der Waals surface area contributed by atoms with Gasteiger partial charge in [0.25, 0.3) is 6.04 Å². The summed E-state index contributed by atoms with van der Waals surface area (Å²) in [6.45, 7) is 0. The molecule has 0 radical (unpaired) electrons. The van der Waals surface area contributed by atoms with Gasteiger partial charge in [-0.25, -0.2) is 13.2 Å². The minimum atomic E-state index is -1.48. The molecule has 2 atom stereocenters. The third-order valence-electron chi connectivity index (χ3n) is 4.96. The van der Waals surface area contributed by atoms with Crippen molar-refractivity contribution in [2.24, 2.45) is 0 Å². The first-order valence-corrected chi connectivity index (χ1v) is 8.43. The molecule has 0 fully saturated rings. The first-order chi connectivity index (χ1) is 13.8. The molecule has 29 heavy (non-hydrogen) atoms. The average molecular weight is 400 g/mol. The Bertz CT molecular complexity index is 1220. The lowest BCUT2D eigenvalue weighted by Gasteiger charge is -2.30. The van der Waals surface area contributed by atoms with E-state index >= 15 is 0 Å². The van der Waals surface area contributed by atoms with E-state index in [0.29, 0.717) is 28.5 Å². The first kappa shape index (κ1) is 18.6. The molecule has 0 aliphatic carbocycles. The average Bonchev–Trinajstić information content (AvgIpc) is 2.69. The number of hydrogen-bond acceptors (Lipinski definition) is 5. The van der Waals surface area contributed by atoms with Crippen LogP contribution in [-0.4, -0.2) is 16.1 Å². The van der Waals surface area contributed by atoms with E-state index in [9.17, 15) is 28.4 Å². The molecule has 0 saturated heterocycles. The van der Waals surface area contributed by atoms with Crippen LogP contribution in [0.2, 0.25) is 0 Å². The number of nitrogens with zero attached hydrogens (tertiary/aromatic N) is 2. The molecule has 0 saturated carbocycles. The molecule has 1 N–H and O–H groups in total. The van der Waals surface area contributed by atoms with Crippen LogP contribution in [0.5, 0.6) is 11.5 Å². The molecule has 3 aromatic carbocycles.